The molecular weight excluding hydrogens is 439 g/mol. The summed E-state index contributed by atoms with van der Waals surface area (Å²) in [6.07, 6.45) is -0.396. The summed E-state index contributed by atoms with van der Waals surface area (Å²) in [5.41, 5.74) is 1.44. The second-order valence-electron chi connectivity index (χ2n) is 7.61. The Kier molecular flexibility index (Phi) is 9.75. The van der Waals surface area contributed by atoms with Gasteiger partial charge in [-0.3, -0.25) is 14.3 Å². The number of carboxylic acid groups (broad SMARTS) is 1. The molecule has 1 aliphatic rings. The van der Waals surface area contributed by atoms with Gasteiger partial charge in [-0.05, 0) is 51.5 Å². The molecule has 0 radical (unpaired) electrons. The quantitative estimate of drug-likeness (QED) is 0.653. The van der Waals surface area contributed by atoms with E-state index in [9.17, 15) is 22.8 Å². The van der Waals surface area contributed by atoms with Gasteiger partial charge in [0.2, 0.25) is 0 Å². The van der Waals surface area contributed by atoms with Crippen LogP contribution < -0.4 is 5.32 Å². The SMILES string of the molecule is CC(=O)SC1CCNCC1=Cc1ccn(CC(=O)OC(C)(C)C)n1.O=C(O)C(F)(F)F. The summed E-state index contributed by atoms with van der Waals surface area (Å²) in [7, 11) is 0. The predicted octanol–water partition coefficient (Wildman–Crippen LogP) is 2.88. The highest BCUT2D eigenvalue weighted by molar-refractivity contribution is 8.14. The molecule has 1 atom stereocenters. The summed E-state index contributed by atoms with van der Waals surface area (Å²) >= 11 is 1.37. The second-order valence-corrected chi connectivity index (χ2v) is 8.99. The van der Waals surface area contributed by atoms with Gasteiger partial charge in [-0.2, -0.15) is 18.3 Å². The smallest absolute Gasteiger partial charge is 0.475 e. The Morgan fingerprint density at radius 2 is 1.97 bits per heavy atom. The number of thioether (sulfide) groups is 1. The van der Waals surface area contributed by atoms with Gasteiger partial charge in [-0.25, -0.2) is 4.79 Å². The van der Waals surface area contributed by atoms with Crippen LogP contribution in [-0.4, -0.2) is 62.1 Å². The molecule has 12 heteroatoms. The van der Waals surface area contributed by atoms with E-state index in [4.69, 9.17) is 14.6 Å². The van der Waals surface area contributed by atoms with Crippen molar-refractivity contribution in [2.45, 2.75) is 57.7 Å². The fourth-order valence-corrected chi connectivity index (χ4v) is 3.42. The lowest BCUT2D eigenvalue weighted by Gasteiger charge is -2.24. The van der Waals surface area contributed by atoms with Crippen LogP contribution in [0.4, 0.5) is 13.2 Å². The molecule has 2 rings (SSSR count). The third-order valence-corrected chi connectivity index (χ3v) is 4.74. The summed E-state index contributed by atoms with van der Waals surface area (Å²) in [5.74, 6) is -3.07. The highest BCUT2D eigenvalue weighted by Crippen LogP contribution is 2.26. The van der Waals surface area contributed by atoms with Gasteiger partial charge in [0.15, 0.2) is 5.12 Å². The fraction of sp³-hybridized carbons (Fsp3) is 0.579. The number of piperidine rings is 1. The molecule has 174 valence electrons. The summed E-state index contributed by atoms with van der Waals surface area (Å²) < 4.78 is 38.6. The molecule has 31 heavy (non-hydrogen) atoms. The zero-order chi connectivity index (χ0) is 23.8. The number of hydrogen-bond donors (Lipinski definition) is 2. The van der Waals surface area contributed by atoms with Gasteiger partial charge >= 0.3 is 18.1 Å². The van der Waals surface area contributed by atoms with Crippen molar-refractivity contribution in [2.24, 2.45) is 0 Å². The molecule has 0 bridgehead atoms. The molecule has 1 aromatic rings. The Balaban J connectivity index is 0.000000592. The number of carbonyl (C=O) groups excluding carboxylic acids is 2. The Morgan fingerprint density at radius 3 is 2.48 bits per heavy atom. The van der Waals surface area contributed by atoms with E-state index in [1.165, 1.54) is 11.8 Å². The van der Waals surface area contributed by atoms with Crippen molar-refractivity contribution in [1.29, 1.82) is 0 Å². The number of ether oxygens (including phenoxy) is 1. The van der Waals surface area contributed by atoms with Gasteiger partial charge in [-0.1, -0.05) is 11.8 Å². The van der Waals surface area contributed by atoms with Crippen molar-refractivity contribution in [1.82, 2.24) is 15.1 Å². The monoisotopic (exact) mass is 465 g/mol. The molecule has 8 nitrogen and oxygen atoms in total. The first-order valence-corrected chi connectivity index (χ1v) is 10.2. The lowest BCUT2D eigenvalue weighted by atomic mass is 10.0. The number of alkyl halides is 3. The Morgan fingerprint density at radius 1 is 1.35 bits per heavy atom. The zero-order valence-corrected chi connectivity index (χ0v) is 18.5. The molecule has 0 saturated carbocycles. The maximum Gasteiger partial charge on any atom is 0.490 e. The molecule has 2 N–H and O–H groups in total. The van der Waals surface area contributed by atoms with E-state index in [1.807, 2.05) is 32.9 Å². The number of esters is 1. The van der Waals surface area contributed by atoms with Crippen molar-refractivity contribution in [3.63, 3.8) is 0 Å². The molecule has 1 unspecified atom stereocenters. The van der Waals surface area contributed by atoms with E-state index >= 15 is 0 Å². The maximum absolute atomic E-state index is 11.9. The van der Waals surface area contributed by atoms with E-state index in [2.05, 4.69) is 10.4 Å². The second kappa shape index (κ2) is 11.3. The number of nitrogens with one attached hydrogen (secondary N) is 1. The Hall–Kier alpha value is -2.34. The lowest BCUT2D eigenvalue weighted by Crippen LogP contribution is -2.32. The molecule has 0 amide bonds. The van der Waals surface area contributed by atoms with Gasteiger partial charge in [-0.15, -0.1) is 0 Å². The number of aliphatic carboxylic acids is 1. The molecular formula is C19H26F3N3O5S. The average molecular weight is 465 g/mol. The summed E-state index contributed by atoms with van der Waals surface area (Å²) in [6.45, 7) is 8.87. The Labute approximate surface area is 182 Å². The van der Waals surface area contributed by atoms with Crippen molar-refractivity contribution in [2.75, 3.05) is 13.1 Å². The minimum absolute atomic E-state index is 0.0876. The van der Waals surface area contributed by atoms with Crippen LogP contribution in [0.2, 0.25) is 0 Å². The summed E-state index contributed by atoms with van der Waals surface area (Å²) in [6, 6.07) is 1.86. The number of carboxylic acids is 1. The normalized spacial score (nSPS) is 18.2. The topological polar surface area (TPSA) is 111 Å². The number of nitrogens with zero attached hydrogens (tertiary/aromatic N) is 2. The fourth-order valence-electron chi connectivity index (χ4n) is 2.48. The van der Waals surface area contributed by atoms with Crippen LogP contribution in [0.3, 0.4) is 0 Å². The van der Waals surface area contributed by atoms with Gasteiger partial charge in [0.25, 0.3) is 0 Å². The number of carbonyl (C=O) groups is 3. The number of halogens is 3. The minimum atomic E-state index is -5.08. The van der Waals surface area contributed by atoms with Gasteiger partial charge in [0.05, 0.1) is 5.69 Å². The van der Waals surface area contributed by atoms with Crippen molar-refractivity contribution in [3.05, 3.63) is 23.5 Å². The van der Waals surface area contributed by atoms with Crippen molar-refractivity contribution in [3.8, 4) is 0 Å². The summed E-state index contributed by atoms with van der Waals surface area (Å²) in [4.78, 5) is 32.1. The van der Waals surface area contributed by atoms with E-state index in [-0.39, 0.29) is 22.9 Å². The first-order chi connectivity index (χ1) is 14.2. The number of aromatic nitrogens is 2. The van der Waals surface area contributed by atoms with Crippen LogP contribution in [0.25, 0.3) is 6.08 Å². The van der Waals surface area contributed by atoms with Crippen molar-refractivity contribution < 1.29 is 37.4 Å². The summed E-state index contributed by atoms with van der Waals surface area (Å²) in [5, 5.41) is 15.2. The van der Waals surface area contributed by atoms with Crippen LogP contribution in [-0.2, 0) is 25.7 Å². The molecule has 0 aromatic carbocycles. The number of hydrogen-bond acceptors (Lipinski definition) is 7. The van der Waals surface area contributed by atoms with Gasteiger partial charge in [0.1, 0.15) is 12.1 Å². The third-order valence-electron chi connectivity index (χ3n) is 3.58. The number of rotatable bonds is 4. The molecule has 0 spiro atoms. The lowest BCUT2D eigenvalue weighted by molar-refractivity contribution is -0.192. The first-order valence-electron chi connectivity index (χ1n) is 9.31. The highest BCUT2D eigenvalue weighted by Gasteiger charge is 2.38. The Bertz CT molecular complexity index is 815. The minimum Gasteiger partial charge on any atom is -0.475 e. The molecule has 1 aromatic heterocycles. The largest absolute Gasteiger partial charge is 0.490 e. The highest BCUT2D eigenvalue weighted by atomic mass is 32.2. The van der Waals surface area contributed by atoms with Crippen LogP contribution in [0, 0.1) is 0 Å². The molecule has 1 saturated heterocycles. The van der Waals surface area contributed by atoms with E-state index in [1.54, 1.807) is 17.8 Å². The first kappa shape index (κ1) is 26.7. The third kappa shape index (κ3) is 11.0. The van der Waals surface area contributed by atoms with Crippen LogP contribution in [0.1, 0.15) is 39.8 Å². The van der Waals surface area contributed by atoms with Crippen LogP contribution >= 0.6 is 11.8 Å². The van der Waals surface area contributed by atoms with Crippen molar-refractivity contribution >= 4 is 34.9 Å². The van der Waals surface area contributed by atoms with Gasteiger partial charge in [0, 0.05) is 24.9 Å². The standard InChI is InChI=1S/C17H25N3O3S.C2HF3O2/c1-12(21)24-15-5-7-18-10-13(15)9-14-6-8-20(19-14)11-16(22)23-17(2,3)4;3-2(4,5)1(6)7/h6,8-9,15,18H,5,7,10-11H2,1-4H3;(H,6,7). The zero-order valence-electron chi connectivity index (χ0n) is 17.7. The van der Waals surface area contributed by atoms with Gasteiger partial charge < -0.3 is 15.2 Å². The van der Waals surface area contributed by atoms with Crippen LogP contribution in [0.5, 0.6) is 0 Å². The predicted molar refractivity (Wildman–Crippen MR) is 109 cm³/mol. The molecule has 2 heterocycles. The maximum atomic E-state index is 11.9. The van der Waals surface area contributed by atoms with E-state index in [0.717, 1.165) is 30.8 Å². The molecule has 0 aliphatic carbocycles. The van der Waals surface area contributed by atoms with Crippen LogP contribution in [0.15, 0.2) is 17.8 Å². The average Bonchev–Trinajstić information content (AvgIpc) is 3.01. The molecule has 1 fully saturated rings. The van der Waals surface area contributed by atoms with E-state index < -0.39 is 17.7 Å². The molecule has 1 aliphatic heterocycles. The van der Waals surface area contributed by atoms with E-state index in [0.29, 0.717) is 0 Å².